The number of hydrogen-bond acceptors (Lipinski definition) is 2. The number of aromatic amines is 1. The zero-order valence-corrected chi connectivity index (χ0v) is 10.2. The molecule has 0 saturated heterocycles. The van der Waals surface area contributed by atoms with Crippen LogP contribution in [0.3, 0.4) is 0 Å². The summed E-state index contributed by atoms with van der Waals surface area (Å²) in [5.41, 5.74) is 4.00. The molecule has 1 aromatic carbocycles. The molecule has 0 radical (unpaired) electrons. The number of para-hydroxylation sites is 1. The predicted octanol–water partition coefficient (Wildman–Crippen LogP) is 3.78. The molecule has 90 valence electrons. The molecule has 4 aromatic rings. The second-order valence-electron chi connectivity index (χ2n) is 4.49. The first-order valence-electron chi connectivity index (χ1n) is 6.20. The summed E-state index contributed by atoms with van der Waals surface area (Å²) in [7, 11) is 0. The van der Waals surface area contributed by atoms with Gasteiger partial charge in [-0.3, -0.25) is 0 Å². The topological polar surface area (TPSA) is 41.6 Å². The van der Waals surface area contributed by atoms with Gasteiger partial charge in [-0.25, -0.2) is 9.97 Å². The molecule has 0 aliphatic heterocycles. The number of fused-ring (bicyclic) bond motifs is 2. The standard InChI is InChI=1S/C16H11N3/c1-2-4-14-11(3-1)5-6-15(19-14)12-7-9-17-16-13(12)8-10-18-16/h1-10H,(H,17,18). The number of H-pyrrole nitrogens is 1. The van der Waals surface area contributed by atoms with Crippen LogP contribution < -0.4 is 0 Å². The van der Waals surface area contributed by atoms with E-state index in [1.807, 2.05) is 42.7 Å². The van der Waals surface area contributed by atoms with E-state index in [4.69, 9.17) is 4.98 Å². The number of hydrogen-bond donors (Lipinski definition) is 1. The van der Waals surface area contributed by atoms with E-state index < -0.39 is 0 Å². The van der Waals surface area contributed by atoms with Gasteiger partial charge in [0.15, 0.2) is 0 Å². The van der Waals surface area contributed by atoms with Crippen molar-refractivity contribution in [1.82, 2.24) is 15.0 Å². The van der Waals surface area contributed by atoms with Gasteiger partial charge in [0.25, 0.3) is 0 Å². The van der Waals surface area contributed by atoms with Crippen molar-refractivity contribution in [2.75, 3.05) is 0 Å². The number of aromatic nitrogens is 3. The SMILES string of the molecule is c1ccc2nc(-c3ccnc4[nH]ccc34)ccc2c1. The molecule has 4 rings (SSSR count). The molecule has 3 heteroatoms. The first kappa shape index (κ1) is 10.3. The average molecular weight is 245 g/mol. The highest BCUT2D eigenvalue weighted by Gasteiger charge is 2.07. The first-order chi connectivity index (χ1) is 9.42. The van der Waals surface area contributed by atoms with Gasteiger partial charge in [-0.2, -0.15) is 0 Å². The summed E-state index contributed by atoms with van der Waals surface area (Å²) in [6, 6.07) is 16.4. The number of nitrogens with one attached hydrogen (secondary N) is 1. The van der Waals surface area contributed by atoms with E-state index >= 15 is 0 Å². The molecule has 0 atom stereocenters. The minimum Gasteiger partial charge on any atom is -0.346 e. The molecule has 19 heavy (non-hydrogen) atoms. The van der Waals surface area contributed by atoms with Gasteiger partial charge in [0.1, 0.15) is 5.65 Å². The third-order valence-electron chi connectivity index (χ3n) is 3.33. The van der Waals surface area contributed by atoms with Gasteiger partial charge in [0, 0.05) is 28.7 Å². The zero-order chi connectivity index (χ0) is 12.7. The second kappa shape index (κ2) is 3.92. The Balaban J connectivity index is 2.01. The van der Waals surface area contributed by atoms with Crippen molar-refractivity contribution in [1.29, 1.82) is 0 Å². The molecule has 0 spiro atoms. The van der Waals surface area contributed by atoms with E-state index in [0.29, 0.717) is 0 Å². The van der Waals surface area contributed by atoms with Crippen LogP contribution in [0.25, 0.3) is 33.2 Å². The molecule has 0 bridgehead atoms. The lowest BCUT2D eigenvalue weighted by Crippen LogP contribution is -1.87. The van der Waals surface area contributed by atoms with Crippen molar-refractivity contribution in [2.45, 2.75) is 0 Å². The van der Waals surface area contributed by atoms with Crippen LogP contribution in [0.1, 0.15) is 0 Å². The van der Waals surface area contributed by atoms with E-state index in [1.54, 1.807) is 0 Å². The van der Waals surface area contributed by atoms with Crippen molar-refractivity contribution >= 4 is 21.9 Å². The lowest BCUT2D eigenvalue weighted by molar-refractivity contribution is 1.32. The van der Waals surface area contributed by atoms with Crippen LogP contribution in [0.15, 0.2) is 60.9 Å². The largest absolute Gasteiger partial charge is 0.346 e. The number of nitrogens with zero attached hydrogens (tertiary/aromatic N) is 2. The summed E-state index contributed by atoms with van der Waals surface area (Å²) in [5.74, 6) is 0. The highest BCUT2D eigenvalue weighted by atomic mass is 14.8. The van der Waals surface area contributed by atoms with Crippen molar-refractivity contribution in [3.8, 4) is 11.3 Å². The number of rotatable bonds is 1. The van der Waals surface area contributed by atoms with Gasteiger partial charge in [-0.1, -0.05) is 24.3 Å². The molecule has 0 aliphatic carbocycles. The molecular formula is C16H11N3. The van der Waals surface area contributed by atoms with Crippen LogP contribution in [0.2, 0.25) is 0 Å². The summed E-state index contributed by atoms with van der Waals surface area (Å²) >= 11 is 0. The van der Waals surface area contributed by atoms with E-state index in [0.717, 1.165) is 33.2 Å². The molecule has 3 aromatic heterocycles. The highest BCUT2D eigenvalue weighted by Crippen LogP contribution is 2.26. The molecule has 0 saturated carbocycles. The smallest absolute Gasteiger partial charge is 0.137 e. The molecule has 0 amide bonds. The second-order valence-corrected chi connectivity index (χ2v) is 4.49. The van der Waals surface area contributed by atoms with Crippen molar-refractivity contribution in [3.63, 3.8) is 0 Å². The van der Waals surface area contributed by atoms with Crippen molar-refractivity contribution < 1.29 is 0 Å². The van der Waals surface area contributed by atoms with E-state index in [1.165, 1.54) is 0 Å². The van der Waals surface area contributed by atoms with Crippen LogP contribution in [0.5, 0.6) is 0 Å². The van der Waals surface area contributed by atoms with E-state index in [2.05, 4.69) is 28.2 Å². The van der Waals surface area contributed by atoms with Gasteiger partial charge < -0.3 is 4.98 Å². The van der Waals surface area contributed by atoms with Gasteiger partial charge in [0.2, 0.25) is 0 Å². The molecule has 0 fully saturated rings. The van der Waals surface area contributed by atoms with Crippen molar-refractivity contribution in [3.05, 3.63) is 60.9 Å². The summed E-state index contributed by atoms with van der Waals surface area (Å²) < 4.78 is 0. The fourth-order valence-corrected chi connectivity index (χ4v) is 2.40. The maximum Gasteiger partial charge on any atom is 0.137 e. The maximum atomic E-state index is 4.73. The summed E-state index contributed by atoms with van der Waals surface area (Å²) in [5, 5.41) is 2.26. The Bertz CT molecular complexity index is 877. The Morgan fingerprint density at radius 1 is 0.895 bits per heavy atom. The fraction of sp³-hybridized carbons (Fsp3) is 0. The van der Waals surface area contributed by atoms with Crippen LogP contribution in [0.4, 0.5) is 0 Å². The Morgan fingerprint density at radius 3 is 2.84 bits per heavy atom. The highest BCUT2D eigenvalue weighted by molar-refractivity contribution is 5.93. The molecule has 1 N–H and O–H groups in total. The summed E-state index contributed by atoms with van der Waals surface area (Å²) in [4.78, 5) is 12.2. The molecule has 3 heterocycles. The third-order valence-corrected chi connectivity index (χ3v) is 3.33. The van der Waals surface area contributed by atoms with Crippen molar-refractivity contribution in [2.24, 2.45) is 0 Å². The molecule has 0 aliphatic rings. The van der Waals surface area contributed by atoms with Gasteiger partial charge in [-0.05, 0) is 24.3 Å². The number of benzene rings is 1. The maximum absolute atomic E-state index is 4.73. The van der Waals surface area contributed by atoms with Crippen LogP contribution >= 0.6 is 0 Å². The minimum absolute atomic E-state index is 0.896. The van der Waals surface area contributed by atoms with Gasteiger partial charge in [-0.15, -0.1) is 0 Å². The van der Waals surface area contributed by atoms with Crippen LogP contribution in [-0.2, 0) is 0 Å². The average Bonchev–Trinajstić information content (AvgIpc) is 2.95. The monoisotopic (exact) mass is 245 g/mol. The zero-order valence-electron chi connectivity index (χ0n) is 10.2. The van der Waals surface area contributed by atoms with E-state index in [9.17, 15) is 0 Å². The van der Waals surface area contributed by atoms with E-state index in [-0.39, 0.29) is 0 Å². The minimum atomic E-state index is 0.896. The molecular weight excluding hydrogens is 234 g/mol. The lowest BCUT2D eigenvalue weighted by atomic mass is 10.1. The van der Waals surface area contributed by atoms with Crippen LogP contribution in [0, 0.1) is 0 Å². The Morgan fingerprint density at radius 2 is 1.84 bits per heavy atom. The lowest BCUT2D eigenvalue weighted by Gasteiger charge is -2.04. The molecule has 0 unspecified atom stereocenters. The fourth-order valence-electron chi connectivity index (χ4n) is 2.40. The number of pyridine rings is 2. The normalized spacial score (nSPS) is 11.2. The first-order valence-corrected chi connectivity index (χ1v) is 6.20. The quantitative estimate of drug-likeness (QED) is 0.554. The third kappa shape index (κ3) is 1.59. The Hall–Kier alpha value is -2.68. The predicted molar refractivity (Wildman–Crippen MR) is 76.8 cm³/mol. The molecule has 3 nitrogen and oxygen atoms in total. The van der Waals surface area contributed by atoms with Gasteiger partial charge in [0.05, 0.1) is 11.2 Å². The van der Waals surface area contributed by atoms with Gasteiger partial charge >= 0.3 is 0 Å². The summed E-state index contributed by atoms with van der Waals surface area (Å²) in [6.45, 7) is 0. The van der Waals surface area contributed by atoms with Crippen LogP contribution in [-0.4, -0.2) is 15.0 Å². The Kier molecular flexibility index (Phi) is 2.12. The summed E-state index contributed by atoms with van der Waals surface area (Å²) in [6.07, 6.45) is 3.72. The Labute approximate surface area is 110 Å².